The van der Waals surface area contributed by atoms with E-state index >= 15 is 0 Å². The smallest absolute Gasteiger partial charge is 0.404 e. The number of aromatic amines is 1. The molecule has 2 heterocycles. The molecule has 9 nitrogen and oxygen atoms in total. The van der Waals surface area contributed by atoms with E-state index in [4.69, 9.17) is 15.1 Å². The monoisotopic (exact) mass is 502 g/mol. The number of aliphatic hydroxyl groups excluding tert-OH is 1. The fraction of sp³-hybridized carbons (Fsp3) is 0.593. The Morgan fingerprint density at radius 2 is 1.97 bits per heavy atom. The third kappa shape index (κ3) is 10.3. The van der Waals surface area contributed by atoms with Crippen LogP contribution in [-0.2, 0) is 27.1 Å². The summed E-state index contributed by atoms with van der Waals surface area (Å²) in [6.45, 7) is 12.1. The van der Waals surface area contributed by atoms with Crippen LogP contribution in [0.3, 0.4) is 0 Å². The van der Waals surface area contributed by atoms with Crippen molar-refractivity contribution in [1.29, 1.82) is 5.26 Å². The zero-order chi connectivity index (χ0) is 27.5. The summed E-state index contributed by atoms with van der Waals surface area (Å²) in [7, 11) is 1.71. The first-order chi connectivity index (χ1) is 16.8. The largest absolute Gasteiger partial charge is 0.447 e. The van der Waals surface area contributed by atoms with Crippen LogP contribution in [0, 0.1) is 11.3 Å². The predicted octanol–water partition coefficient (Wildman–Crippen LogP) is 4.05. The lowest BCUT2D eigenvalue weighted by Gasteiger charge is -2.16. The number of benzene rings is 1. The van der Waals surface area contributed by atoms with Crippen LogP contribution in [0.25, 0.3) is 10.9 Å². The molecule has 4 rings (SSSR count). The zero-order valence-corrected chi connectivity index (χ0v) is 22.6. The molecule has 36 heavy (non-hydrogen) atoms. The Hall–Kier alpha value is -3.09. The second kappa shape index (κ2) is 14.5. The maximum atomic E-state index is 10.2. The molecular weight excluding hydrogens is 460 g/mol. The lowest BCUT2D eigenvalue weighted by atomic mass is 10.1. The van der Waals surface area contributed by atoms with E-state index in [-0.39, 0.29) is 23.9 Å². The van der Waals surface area contributed by atoms with Crippen LogP contribution in [0.5, 0.6) is 0 Å². The number of carbonyl (C=O) groups is 2. The first-order valence-electron chi connectivity index (χ1n) is 12.3. The van der Waals surface area contributed by atoms with Gasteiger partial charge >= 0.3 is 6.09 Å². The molecule has 0 saturated carbocycles. The number of nitrogens with zero attached hydrogens (tertiary/aromatic N) is 2. The number of aromatic nitrogens is 1. The molecule has 0 spiro atoms. The summed E-state index contributed by atoms with van der Waals surface area (Å²) in [5, 5.41) is 19.2. The first-order valence-corrected chi connectivity index (χ1v) is 12.3. The van der Waals surface area contributed by atoms with Crippen molar-refractivity contribution >= 4 is 23.4 Å². The fourth-order valence-electron chi connectivity index (χ4n) is 3.64. The van der Waals surface area contributed by atoms with Crippen LogP contribution in [-0.4, -0.2) is 65.0 Å². The number of nitrogens with one attached hydrogen (secondary N) is 1. The lowest BCUT2D eigenvalue weighted by Crippen LogP contribution is -2.30. The van der Waals surface area contributed by atoms with Crippen molar-refractivity contribution in [2.24, 2.45) is 5.73 Å². The molecule has 1 aromatic carbocycles. The Bertz CT molecular complexity index is 1020. The van der Waals surface area contributed by atoms with Gasteiger partial charge in [0.05, 0.1) is 35.5 Å². The average molecular weight is 503 g/mol. The summed E-state index contributed by atoms with van der Waals surface area (Å²) in [6.07, 6.45) is 3.95. The molecule has 1 saturated heterocycles. The van der Waals surface area contributed by atoms with Gasteiger partial charge in [0.2, 0.25) is 6.41 Å². The van der Waals surface area contributed by atoms with Gasteiger partial charge in [0.25, 0.3) is 0 Å². The van der Waals surface area contributed by atoms with Crippen LogP contribution in [0.1, 0.15) is 71.2 Å². The number of hydrogen-bond donors (Lipinski definition) is 3. The van der Waals surface area contributed by atoms with Crippen molar-refractivity contribution in [2.45, 2.75) is 91.1 Å². The van der Waals surface area contributed by atoms with E-state index in [0.717, 1.165) is 31.2 Å². The average Bonchev–Trinajstić information content (AvgIpc) is 3.48. The van der Waals surface area contributed by atoms with E-state index in [9.17, 15) is 9.59 Å². The number of aryl methyl sites for hydroxylation is 2. The van der Waals surface area contributed by atoms with Gasteiger partial charge in [0, 0.05) is 30.3 Å². The Balaban J connectivity index is 0.000000258. The number of ether oxygens (including phenoxy) is 2. The number of primary amides is 1. The molecule has 1 fully saturated rings. The SMILES string of the molecule is CC(C)OC(N)=O.COC(C)(C)C.C[C@@H]1C(O)CCN1C=O.N#Cc1ccc2[nH]c3c(c2c1)CCC3. The van der Waals surface area contributed by atoms with Gasteiger partial charge in [-0.15, -0.1) is 0 Å². The minimum Gasteiger partial charge on any atom is -0.447 e. The summed E-state index contributed by atoms with van der Waals surface area (Å²) in [4.78, 5) is 25.0. The highest BCUT2D eigenvalue weighted by Gasteiger charge is 2.27. The van der Waals surface area contributed by atoms with Gasteiger partial charge in [-0.1, -0.05) is 0 Å². The Kier molecular flexibility index (Phi) is 12.4. The van der Waals surface area contributed by atoms with Gasteiger partial charge in [0.1, 0.15) is 0 Å². The maximum absolute atomic E-state index is 10.2. The van der Waals surface area contributed by atoms with Gasteiger partial charge in [0.15, 0.2) is 0 Å². The van der Waals surface area contributed by atoms with Crippen LogP contribution in [0.15, 0.2) is 18.2 Å². The second-order valence-electron chi connectivity index (χ2n) is 10.0. The molecule has 1 aliphatic heterocycles. The van der Waals surface area contributed by atoms with Crippen LogP contribution in [0.2, 0.25) is 0 Å². The van der Waals surface area contributed by atoms with Crippen molar-refractivity contribution in [1.82, 2.24) is 9.88 Å². The standard InChI is InChI=1S/C12H10N2.C6H11NO2.C5H12O.C4H9NO2/c13-7-8-4-5-12-10(6-8)9-2-1-3-11(9)14-12;1-5-6(9)2-3-7(5)4-8;1-5(2,3)6-4;1-3(2)7-4(5)6/h4-6,14H,1-3H2;4-6,9H,2-3H2,1H3;1-4H3;3H,1-2H3,(H2,5,6)/t;5-,6?;;/m.1../s1. The molecule has 4 N–H and O–H groups in total. The molecule has 2 amide bonds. The number of nitriles is 1. The van der Waals surface area contributed by atoms with Crippen molar-refractivity contribution in [2.75, 3.05) is 13.7 Å². The number of H-pyrrole nitrogens is 1. The number of nitrogens with two attached hydrogens (primary N) is 1. The molecule has 1 aliphatic carbocycles. The van der Waals surface area contributed by atoms with Crippen LogP contribution in [0.4, 0.5) is 4.79 Å². The normalized spacial score (nSPS) is 18.1. The second-order valence-corrected chi connectivity index (χ2v) is 10.0. The topological polar surface area (TPSA) is 142 Å². The number of carbonyl (C=O) groups excluding carboxylic acids is 2. The summed E-state index contributed by atoms with van der Waals surface area (Å²) in [5.41, 5.74) is 9.40. The van der Waals surface area contributed by atoms with Gasteiger partial charge in [-0.05, 0) is 91.0 Å². The van der Waals surface area contributed by atoms with Crippen molar-refractivity contribution in [3.05, 3.63) is 35.0 Å². The van der Waals surface area contributed by atoms with Gasteiger partial charge in [-0.3, -0.25) is 4.79 Å². The summed E-state index contributed by atoms with van der Waals surface area (Å²) >= 11 is 0. The van der Waals surface area contributed by atoms with E-state index in [0.29, 0.717) is 6.54 Å². The summed E-state index contributed by atoms with van der Waals surface area (Å²) < 4.78 is 9.33. The highest BCUT2D eigenvalue weighted by atomic mass is 16.6. The van der Waals surface area contributed by atoms with E-state index in [1.165, 1.54) is 28.6 Å². The molecule has 0 bridgehead atoms. The minimum atomic E-state index is -0.713. The van der Waals surface area contributed by atoms with Crippen LogP contribution >= 0.6 is 0 Å². The number of aliphatic hydroxyl groups is 1. The number of rotatable bonds is 2. The van der Waals surface area contributed by atoms with Gasteiger partial charge in [-0.25, -0.2) is 4.79 Å². The quantitative estimate of drug-likeness (QED) is 0.529. The van der Waals surface area contributed by atoms with E-state index in [1.807, 2.05) is 45.9 Å². The lowest BCUT2D eigenvalue weighted by molar-refractivity contribution is -0.119. The van der Waals surface area contributed by atoms with Crippen molar-refractivity contribution in [3.63, 3.8) is 0 Å². The number of fused-ring (bicyclic) bond motifs is 3. The molecule has 0 radical (unpaired) electrons. The molecular formula is C27H42N4O5. The molecule has 9 heteroatoms. The highest BCUT2D eigenvalue weighted by molar-refractivity contribution is 5.86. The van der Waals surface area contributed by atoms with E-state index in [2.05, 4.69) is 21.5 Å². The predicted molar refractivity (Wildman–Crippen MR) is 140 cm³/mol. The fourth-order valence-corrected chi connectivity index (χ4v) is 3.64. The number of methoxy groups -OCH3 is 1. The van der Waals surface area contributed by atoms with Crippen LogP contribution < -0.4 is 5.73 Å². The number of amides is 2. The third-order valence-electron chi connectivity index (χ3n) is 5.84. The minimum absolute atomic E-state index is 0.0162. The molecule has 2 aliphatic rings. The maximum Gasteiger partial charge on any atom is 0.404 e. The Labute approximate surface area is 214 Å². The zero-order valence-electron chi connectivity index (χ0n) is 22.6. The molecule has 1 aromatic heterocycles. The van der Waals surface area contributed by atoms with E-state index in [1.54, 1.807) is 25.9 Å². The number of likely N-dealkylation sites (tertiary alicyclic amines) is 1. The molecule has 1 unspecified atom stereocenters. The molecule has 2 atom stereocenters. The Morgan fingerprint density at radius 1 is 1.33 bits per heavy atom. The molecule has 200 valence electrons. The summed E-state index contributed by atoms with van der Waals surface area (Å²) in [6, 6.07) is 8.07. The van der Waals surface area contributed by atoms with E-state index < -0.39 is 6.09 Å². The third-order valence-corrected chi connectivity index (χ3v) is 5.84. The number of hydrogen-bond acceptors (Lipinski definition) is 6. The summed E-state index contributed by atoms with van der Waals surface area (Å²) in [5.74, 6) is 0. The van der Waals surface area contributed by atoms with Gasteiger partial charge in [-0.2, -0.15) is 5.26 Å². The first kappa shape index (κ1) is 30.9. The Morgan fingerprint density at radius 3 is 2.36 bits per heavy atom. The molecule has 2 aromatic rings. The van der Waals surface area contributed by atoms with Gasteiger partial charge < -0.3 is 30.2 Å². The van der Waals surface area contributed by atoms with Crippen molar-refractivity contribution in [3.8, 4) is 6.07 Å². The van der Waals surface area contributed by atoms with Crippen molar-refractivity contribution < 1.29 is 24.2 Å². The highest BCUT2D eigenvalue weighted by Crippen LogP contribution is 2.30.